The number of nitrogens with one attached hydrogen (secondary N) is 1. The van der Waals surface area contributed by atoms with Crippen LogP contribution in [0, 0.1) is 0 Å². The van der Waals surface area contributed by atoms with Crippen LogP contribution in [0.15, 0.2) is 53.1 Å². The minimum Gasteiger partial charge on any atom is -0.497 e. The molecule has 3 aromatic rings. The fourth-order valence-corrected chi connectivity index (χ4v) is 3.46. The lowest BCUT2D eigenvalue weighted by molar-refractivity contribution is -0.148. The van der Waals surface area contributed by atoms with E-state index in [1.54, 1.807) is 67.4 Å². The Morgan fingerprint density at radius 1 is 1.19 bits per heavy atom. The predicted octanol–water partition coefficient (Wildman–Crippen LogP) is 3.99. The number of hydrogen-bond acceptors (Lipinski definition) is 8. The minimum atomic E-state index is -0.838. The van der Waals surface area contributed by atoms with Crippen molar-refractivity contribution in [1.29, 1.82) is 0 Å². The van der Waals surface area contributed by atoms with Gasteiger partial charge in [-0.3, -0.25) is 4.79 Å². The van der Waals surface area contributed by atoms with Gasteiger partial charge in [-0.25, -0.2) is 4.79 Å². The summed E-state index contributed by atoms with van der Waals surface area (Å²) in [7, 11) is 1.58. The van der Waals surface area contributed by atoms with Crippen LogP contribution in [-0.2, 0) is 16.1 Å². The monoisotopic (exact) mass is 475 g/mol. The van der Waals surface area contributed by atoms with Crippen LogP contribution in [0.2, 0.25) is 5.02 Å². The van der Waals surface area contributed by atoms with Crippen molar-refractivity contribution in [1.82, 2.24) is 15.5 Å². The molecular weight excluding hydrogens is 454 g/mol. The van der Waals surface area contributed by atoms with Crippen molar-refractivity contribution in [3.05, 3.63) is 65.0 Å². The number of hydrogen-bond donors (Lipinski definition) is 1. The number of carbonyl (C=O) groups is 2. The molecule has 0 aliphatic rings. The number of ether oxygens (including phenoxy) is 2. The molecule has 0 fully saturated rings. The molecule has 1 aromatic heterocycles. The number of thioether (sulfide) groups is 1. The number of nitrogens with zero attached hydrogens (tertiary/aromatic N) is 2. The maximum Gasteiger partial charge on any atom is 0.329 e. The van der Waals surface area contributed by atoms with Gasteiger partial charge in [-0.05, 0) is 54.8 Å². The van der Waals surface area contributed by atoms with Gasteiger partial charge in [-0.2, -0.15) is 16.7 Å². The first-order chi connectivity index (χ1) is 15.5. The molecule has 10 heteroatoms. The van der Waals surface area contributed by atoms with Crippen molar-refractivity contribution in [2.45, 2.75) is 19.1 Å². The maximum absolute atomic E-state index is 12.6. The standard InChI is InChI=1S/C22H22ClN3O5S/c1-29-15-9-7-14(8-10-15)20-25-19(31-26-20)13-30-22(28)18(11-12-32-2)24-21(27)16-5-3-4-6-17(16)23/h3-10,18H,11-13H2,1-2H3,(H,24,27)/t18-/m1/s1. The highest BCUT2D eigenvalue weighted by molar-refractivity contribution is 7.98. The third kappa shape index (κ3) is 6.24. The Morgan fingerprint density at radius 2 is 1.94 bits per heavy atom. The van der Waals surface area contributed by atoms with E-state index < -0.39 is 17.9 Å². The summed E-state index contributed by atoms with van der Waals surface area (Å²) in [4.78, 5) is 29.4. The Balaban J connectivity index is 1.62. The third-order valence-corrected chi connectivity index (χ3v) is 5.45. The van der Waals surface area contributed by atoms with Gasteiger partial charge in [-0.1, -0.05) is 28.9 Å². The van der Waals surface area contributed by atoms with Crippen LogP contribution in [0.5, 0.6) is 5.75 Å². The lowest BCUT2D eigenvalue weighted by Crippen LogP contribution is -2.42. The average Bonchev–Trinajstić information content (AvgIpc) is 3.29. The van der Waals surface area contributed by atoms with Gasteiger partial charge in [0, 0.05) is 5.56 Å². The van der Waals surface area contributed by atoms with Gasteiger partial charge in [0.2, 0.25) is 5.82 Å². The van der Waals surface area contributed by atoms with E-state index in [0.717, 1.165) is 5.56 Å². The topological polar surface area (TPSA) is 104 Å². The van der Waals surface area contributed by atoms with E-state index in [4.69, 9.17) is 25.6 Å². The van der Waals surface area contributed by atoms with Crippen molar-refractivity contribution in [2.24, 2.45) is 0 Å². The maximum atomic E-state index is 12.6. The quantitative estimate of drug-likeness (QED) is 0.439. The molecule has 1 amide bonds. The first kappa shape index (κ1) is 23.6. The highest BCUT2D eigenvalue weighted by Crippen LogP contribution is 2.20. The van der Waals surface area contributed by atoms with Crippen molar-refractivity contribution in [2.75, 3.05) is 19.1 Å². The minimum absolute atomic E-state index is 0.144. The molecule has 1 heterocycles. The summed E-state index contributed by atoms with van der Waals surface area (Å²) < 4.78 is 15.6. The van der Waals surface area contributed by atoms with Crippen LogP contribution in [0.4, 0.5) is 0 Å². The van der Waals surface area contributed by atoms with Gasteiger partial charge in [0.05, 0.1) is 17.7 Å². The summed E-state index contributed by atoms with van der Waals surface area (Å²) in [5.41, 5.74) is 1.02. The summed E-state index contributed by atoms with van der Waals surface area (Å²) >= 11 is 7.64. The first-order valence-electron chi connectivity index (χ1n) is 9.69. The van der Waals surface area contributed by atoms with Crippen LogP contribution in [0.1, 0.15) is 22.7 Å². The number of halogens is 1. The highest BCUT2D eigenvalue weighted by Gasteiger charge is 2.24. The Kier molecular flexibility index (Phi) is 8.52. The number of rotatable bonds is 10. The smallest absolute Gasteiger partial charge is 0.329 e. The number of benzene rings is 2. The van der Waals surface area contributed by atoms with E-state index in [-0.39, 0.29) is 18.1 Å². The number of methoxy groups -OCH3 is 1. The number of aromatic nitrogens is 2. The van der Waals surface area contributed by atoms with Crippen LogP contribution < -0.4 is 10.1 Å². The number of amides is 1. The Hall–Kier alpha value is -3.04. The van der Waals surface area contributed by atoms with E-state index in [0.29, 0.717) is 28.8 Å². The SMILES string of the molecule is COc1ccc(-c2noc(COC(=O)[C@@H](CCSC)NC(=O)c3ccccc3Cl)n2)cc1. The zero-order chi connectivity index (χ0) is 22.9. The largest absolute Gasteiger partial charge is 0.497 e. The number of esters is 1. The molecule has 0 spiro atoms. The molecule has 1 N–H and O–H groups in total. The Labute approximate surface area is 194 Å². The molecule has 0 saturated heterocycles. The van der Waals surface area contributed by atoms with Crippen molar-refractivity contribution >= 4 is 35.2 Å². The highest BCUT2D eigenvalue weighted by atomic mass is 35.5. The second kappa shape index (κ2) is 11.5. The van der Waals surface area contributed by atoms with E-state index in [9.17, 15) is 9.59 Å². The predicted molar refractivity (Wildman–Crippen MR) is 122 cm³/mol. The molecule has 0 bridgehead atoms. The number of carbonyl (C=O) groups excluding carboxylic acids is 2. The molecular formula is C22H22ClN3O5S. The Bertz CT molecular complexity index is 1060. The lowest BCUT2D eigenvalue weighted by Gasteiger charge is -2.17. The van der Waals surface area contributed by atoms with E-state index in [1.807, 2.05) is 6.26 Å². The summed E-state index contributed by atoms with van der Waals surface area (Å²) in [6.45, 7) is -0.209. The molecule has 8 nitrogen and oxygen atoms in total. The fourth-order valence-electron chi connectivity index (χ4n) is 2.77. The second-order valence-electron chi connectivity index (χ2n) is 6.64. The summed E-state index contributed by atoms with van der Waals surface area (Å²) in [5, 5.41) is 6.91. The molecule has 0 saturated carbocycles. The molecule has 2 aromatic carbocycles. The molecule has 3 rings (SSSR count). The molecule has 0 radical (unpaired) electrons. The van der Waals surface area contributed by atoms with Gasteiger partial charge in [0.25, 0.3) is 11.8 Å². The van der Waals surface area contributed by atoms with E-state index in [1.165, 1.54) is 0 Å². The zero-order valence-electron chi connectivity index (χ0n) is 17.5. The van der Waals surface area contributed by atoms with E-state index >= 15 is 0 Å². The molecule has 32 heavy (non-hydrogen) atoms. The van der Waals surface area contributed by atoms with Crippen LogP contribution in [0.25, 0.3) is 11.4 Å². The third-order valence-electron chi connectivity index (χ3n) is 4.47. The molecule has 0 unspecified atom stereocenters. The summed E-state index contributed by atoms with van der Waals surface area (Å²) in [6.07, 6.45) is 2.31. The molecule has 0 aliphatic heterocycles. The lowest BCUT2D eigenvalue weighted by atomic mass is 10.1. The van der Waals surface area contributed by atoms with Crippen LogP contribution >= 0.6 is 23.4 Å². The van der Waals surface area contributed by atoms with Crippen molar-refractivity contribution in [3.8, 4) is 17.1 Å². The van der Waals surface area contributed by atoms with Gasteiger partial charge in [0.15, 0.2) is 6.61 Å². The van der Waals surface area contributed by atoms with Crippen molar-refractivity contribution in [3.63, 3.8) is 0 Å². The second-order valence-corrected chi connectivity index (χ2v) is 8.03. The van der Waals surface area contributed by atoms with Crippen LogP contribution in [-0.4, -0.2) is 47.2 Å². The Morgan fingerprint density at radius 3 is 2.62 bits per heavy atom. The van der Waals surface area contributed by atoms with Crippen LogP contribution in [0.3, 0.4) is 0 Å². The normalized spacial score (nSPS) is 11.6. The fraction of sp³-hybridized carbons (Fsp3) is 0.273. The average molecular weight is 476 g/mol. The van der Waals surface area contributed by atoms with Gasteiger partial charge >= 0.3 is 5.97 Å². The molecule has 1 atom stereocenters. The van der Waals surface area contributed by atoms with Gasteiger partial charge < -0.3 is 19.3 Å². The molecule has 0 aliphatic carbocycles. The molecule has 168 valence electrons. The summed E-state index contributed by atoms with van der Waals surface area (Å²) in [5.74, 6) is 0.836. The zero-order valence-corrected chi connectivity index (χ0v) is 19.1. The van der Waals surface area contributed by atoms with Crippen molar-refractivity contribution < 1.29 is 23.6 Å². The first-order valence-corrected chi connectivity index (χ1v) is 11.5. The van der Waals surface area contributed by atoms with E-state index in [2.05, 4.69) is 15.5 Å². The van der Waals surface area contributed by atoms with Gasteiger partial charge in [0.1, 0.15) is 11.8 Å². The van der Waals surface area contributed by atoms with Gasteiger partial charge in [-0.15, -0.1) is 0 Å². The summed E-state index contributed by atoms with van der Waals surface area (Å²) in [6, 6.07) is 12.9.